The Hall–Kier alpha value is -2.08. The lowest BCUT2D eigenvalue weighted by atomic mass is 10.1. The van der Waals surface area contributed by atoms with Gasteiger partial charge in [-0.25, -0.2) is 9.97 Å². The van der Waals surface area contributed by atoms with Gasteiger partial charge in [0.15, 0.2) is 5.65 Å². The Bertz CT molecular complexity index is 728. The zero-order valence-electron chi connectivity index (χ0n) is 11.2. The van der Waals surface area contributed by atoms with Crippen LogP contribution in [0.4, 0.5) is 0 Å². The number of benzene rings is 1. The van der Waals surface area contributed by atoms with Crippen molar-refractivity contribution in [1.82, 2.24) is 20.2 Å². The lowest BCUT2D eigenvalue weighted by Gasteiger charge is -2.14. The Morgan fingerprint density at radius 1 is 1.25 bits per heavy atom. The van der Waals surface area contributed by atoms with Crippen LogP contribution >= 0.6 is 11.8 Å². The molecule has 5 nitrogen and oxygen atoms in total. The summed E-state index contributed by atoms with van der Waals surface area (Å²) in [5.41, 5.74) is 1.91. The average Bonchev–Trinajstić information content (AvgIpc) is 2.96. The van der Waals surface area contributed by atoms with E-state index in [2.05, 4.69) is 33.2 Å². The summed E-state index contributed by atoms with van der Waals surface area (Å²) in [6.45, 7) is 2.14. The molecule has 3 aromatic rings. The number of hydrogen-bond donors (Lipinski definition) is 1. The maximum Gasteiger partial charge on any atom is 0.159 e. The zero-order chi connectivity index (χ0) is 13.9. The number of nitrogens with one attached hydrogen (secondary N) is 1. The van der Waals surface area contributed by atoms with Crippen LogP contribution in [0.3, 0.4) is 0 Å². The fraction of sp³-hybridized carbons (Fsp3) is 0.214. The molecule has 0 saturated carbocycles. The van der Waals surface area contributed by atoms with Crippen molar-refractivity contribution < 1.29 is 4.74 Å². The minimum atomic E-state index is 0.221. The smallest absolute Gasteiger partial charge is 0.159 e. The van der Waals surface area contributed by atoms with Gasteiger partial charge in [0.2, 0.25) is 0 Å². The van der Waals surface area contributed by atoms with Crippen LogP contribution in [0.2, 0.25) is 0 Å². The van der Waals surface area contributed by atoms with E-state index in [0.717, 1.165) is 27.4 Å². The Labute approximate surface area is 120 Å². The highest BCUT2D eigenvalue weighted by molar-refractivity contribution is 7.99. The first kappa shape index (κ1) is 12.9. The molecule has 0 aliphatic carbocycles. The molecule has 20 heavy (non-hydrogen) atoms. The number of aromatic amines is 1. The van der Waals surface area contributed by atoms with Crippen LogP contribution in [-0.2, 0) is 0 Å². The number of nitrogens with zero attached hydrogens (tertiary/aromatic N) is 3. The van der Waals surface area contributed by atoms with Crippen molar-refractivity contribution in [3.8, 4) is 5.75 Å². The molecule has 3 rings (SSSR count). The molecule has 1 atom stereocenters. The average molecular weight is 286 g/mol. The second kappa shape index (κ2) is 5.50. The van der Waals surface area contributed by atoms with Gasteiger partial charge < -0.3 is 4.74 Å². The highest BCUT2D eigenvalue weighted by Crippen LogP contribution is 2.39. The summed E-state index contributed by atoms with van der Waals surface area (Å²) in [6, 6.07) is 8.03. The number of ether oxygens (including phenoxy) is 1. The van der Waals surface area contributed by atoms with Crippen LogP contribution in [0.25, 0.3) is 11.0 Å². The van der Waals surface area contributed by atoms with Gasteiger partial charge in [-0.15, -0.1) is 0 Å². The lowest BCUT2D eigenvalue weighted by molar-refractivity contribution is 0.410. The van der Waals surface area contributed by atoms with E-state index in [0.29, 0.717) is 0 Å². The van der Waals surface area contributed by atoms with Crippen molar-refractivity contribution in [2.24, 2.45) is 0 Å². The van der Waals surface area contributed by atoms with Crippen molar-refractivity contribution in [2.45, 2.75) is 17.2 Å². The first-order valence-corrected chi connectivity index (χ1v) is 7.11. The van der Waals surface area contributed by atoms with E-state index in [1.807, 2.05) is 18.2 Å². The summed E-state index contributed by atoms with van der Waals surface area (Å²) < 4.78 is 5.41. The molecule has 0 fully saturated rings. The summed E-state index contributed by atoms with van der Waals surface area (Å²) in [4.78, 5) is 8.50. The molecule has 0 aliphatic rings. The van der Waals surface area contributed by atoms with Gasteiger partial charge >= 0.3 is 0 Å². The van der Waals surface area contributed by atoms with Gasteiger partial charge in [0.25, 0.3) is 0 Å². The van der Waals surface area contributed by atoms with Gasteiger partial charge in [-0.05, 0) is 13.0 Å². The molecule has 2 heterocycles. The standard InChI is InChI=1S/C14H14N4OS/c1-9(10-5-3-4-6-12(10)19-2)20-14-11-7-17-18-13(11)15-8-16-14/h3-9H,1-2H3,(H,15,16,17,18)/t9-/m0/s1. The van der Waals surface area contributed by atoms with Gasteiger partial charge in [0.1, 0.15) is 17.1 Å². The van der Waals surface area contributed by atoms with E-state index >= 15 is 0 Å². The summed E-state index contributed by atoms with van der Waals surface area (Å²) in [6.07, 6.45) is 3.31. The maximum absolute atomic E-state index is 5.41. The van der Waals surface area contributed by atoms with Crippen LogP contribution in [0, 0.1) is 0 Å². The van der Waals surface area contributed by atoms with Crippen molar-refractivity contribution in [2.75, 3.05) is 7.11 Å². The Morgan fingerprint density at radius 3 is 2.95 bits per heavy atom. The molecule has 102 valence electrons. The highest BCUT2D eigenvalue weighted by atomic mass is 32.2. The monoisotopic (exact) mass is 286 g/mol. The van der Waals surface area contributed by atoms with Crippen molar-refractivity contribution in [1.29, 1.82) is 0 Å². The van der Waals surface area contributed by atoms with E-state index in [1.54, 1.807) is 31.4 Å². The number of thioether (sulfide) groups is 1. The number of aromatic nitrogens is 4. The van der Waals surface area contributed by atoms with Crippen LogP contribution in [-0.4, -0.2) is 27.3 Å². The van der Waals surface area contributed by atoms with Gasteiger partial charge in [0.05, 0.1) is 18.7 Å². The number of H-pyrrole nitrogens is 1. The quantitative estimate of drug-likeness (QED) is 0.589. The molecule has 0 bridgehead atoms. The molecule has 1 aromatic carbocycles. The number of methoxy groups -OCH3 is 1. The molecule has 0 aliphatic heterocycles. The van der Waals surface area contributed by atoms with Crippen molar-refractivity contribution >= 4 is 22.8 Å². The summed E-state index contributed by atoms with van der Waals surface area (Å²) >= 11 is 1.67. The maximum atomic E-state index is 5.41. The predicted molar refractivity (Wildman–Crippen MR) is 78.9 cm³/mol. The van der Waals surface area contributed by atoms with Gasteiger partial charge in [-0.3, -0.25) is 5.10 Å². The van der Waals surface area contributed by atoms with E-state index in [-0.39, 0.29) is 5.25 Å². The third-order valence-corrected chi connectivity index (χ3v) is 4.23. The second-order valence-electron chi connectivity index (χ2n) is 4.31. The number of fused-ring (bicyclic) bond motifs is 1. The molecule has 0 unspecified atom stereocenters. The van der Waals surface area contributed by atoms with Crippen molar-refractivity contribution in [3.63, 3.8) is 0 Å². The lowest BCUT2D eigenvalue weighted by Crippen LogP contribution is -1.95. The minimum absolute atomic E-state index is 0.221. The van der Waals surface area contributed by atoms with E-state index in [4.69, 9.17) is 4.74 Å². The van der Waals surface area contributed by atoms with Gasteiger partial charge in [-0.2, -0.15) is 5.10 Å². The number of para-hydroxylation sites is 1. The third-order valence-electron chi connectivity index (χ3n) is 3.08. The van der Waals surface area contributed by atoms with Crippen LogP contribution in [0.5, 0.6) is 5.75 Å². The second-order valence-corrected chi connectivity index (χ2v) is 5.64. The van der Waals surface area contributed by atoms with Gasteiger partial charge in [0, 0.05) is 10.8 Å². The minimum Gasteiger partial charge on any atom is -0.496 e. The SMILES string of the molecule is COc1ccccc1[C@H](C)Sc1ncnc2[nH]ncc12. The number of rotatable bonds is 4. The molecule has 1 N–H and O–H groups in total. The third kappa shape index (κ3) is 2.34. The zero-order valence-corrected chi connectivity index (χ0v) is 12.0. The molecule has 0 radical (unpaired) electrons. The largest absolute Gasteiger partial charge is 0.496 e. The van der Waals surface area contributed by atoms with E-state index in [1.165, 1.54) is 0 Å². The fourth-order valence-corrected chi connectivity index (χ4v) is 3.11. The summed E-state index contributed by atoms with van der Waals surface area (Å²) in [5.74, 6) is 0.894. The first-order valence-electron chi connectivity index (χ1n) is 6.23. The summed E-state index contributed by atoms with van der Waals surface area (Å²) in [7, 11) is 1.69. The molecule has 0 spiro atoms. The Morgan fingerprint density at radius 2 is 2.10 bits per heavy atom. The van der Waals surface area contributed by atoms with Crippen LogP contribution in [0.1, 0.15) is 17.7 Å². The normalized spacial score (nSPS) is 12.5. The van der Waals surface area contributed by atoms with Crippen LogP contribution in [0.15, 0.2) is 41.8 Å². The Kier molecular flexibility index (Phi) is 3.56. The highest BCUT2D eigenvalue weighted by Gasteiger charge is 2.15. The molecule has 2 aromatic heterocycles. The molecular formula is C14H14N4OS. The molecule has 0 saturated heterocycles. The fourth-order valence-electron chi connectivity index (χ4n) is 2.07. The predicted octanol–water partition coefficient (Wildman–Crippen LogP) is 3.21. The summed E-state index contributed by atoms with van der Waals surface area (Å²) in [5, 5.41) is 8.95. The van der Waals surface area contributed by atoms with Gasteiger partial charge in [-0.1, -0.05) is 30.0 Å². The van der Waals surface area contributed by atoms with Crippen LogP contribution < -0.4 is 4.74 Å². The topological polar surface area (TPSA) is 63.7 Å². The first-order chi connectivity index (χ1) is 9.79. The molecular weight excluding hydrogens is 272 g/mol. The van der Waals surface area contributed by atoms with E-state index in [9.17, 15) is 0 Å². The van der Waals surface area contributed by atoms with Crippen molar-refractivity contribution in [3.05, 3.63) is 42.4 Å². The Balaban J connectivity index is 1.92. The van der Waals surface area contributed by atoms with E-state index < -0.39 is 0 Å². The number of hydrogen-bond acceptors (Lipinski definition) is 5. The molecule has 6 heteroatoms. The molecule has 0 amide bonds.